The van der Waals surface area contributed by atoms with E-state index >= 15 is 0 Å². The topological polar surface area (TPSA) is 781 Å². The van der Waals surface area contributed by atoms with Crippen LogP contribution in [0.2, 0.25) is 0 Å². The predicted octanol–water partition coefficient (Wildman–Crippen LogP) is -3.30. The summed E-state index contributed by atoms with van der Waals surface area (Å²) in [6, 6.07) is 2.45. The van der Waals surface area contributed by atoms with Gasteiger partial charge in [0.05, 0.1) is 91.5 Å². The second-order valence-corrected chi connectivity index (χ2v) is 43.4. The van der Waals surface area contributed by atoms with Crippen molar-refractivity contribution in [1.82, 2.24) is 77.2 Å². The summed E-state index contributed by atoms with van der Waals surface area (Å²) in [4.78, 5) is 116. The molecule has 12 aliphatic rings. The molecule has 6 radical (unpaired) electrons. The van der Waals surface area contributed by atoms with Crippen LogP contribution in [0, 0.1) is 12.7 Å². The summed E-state index contributed by atoms with van der Waals surface area (Å²) in [5, 5.41) is 63.3. The van der Waals surface area contributed by atoms with Crippen molar-refractivity contribution in [2.45, 2.75) is 189 Å². The van der Waals surface area contributed by atoms with Crippen LogP contribution in [0.1, 0.15) is 77.5 Å². The number of ether oxygens (including phenoxy) is 12. The first-order valence-corrected chi connectivity index (χ1v) is 53.3. The Balaban J connectivity index is 0.000000193. The zero-order valence-corrected chi connectivity index (χ0v) is 103. The minimum absolute atomic E-state index is 0. The molecule has 30 atom stereocenters. The Morgan fingerprint density at radius 3 is 1.16 bits per heavy atom. The molecular formula is C74H103F3N20O37P6Y6. The number of hydrogen-bond donors (Lipinski definition) is 13. The number of fused-ring (bicyclic) bond motifs is 14. The molecule has 0 spiro atoms. The second-order valence-electron chi connectivity index (χ2n) is 35.7. The summed E-state index contributed by atoms with van der Waals surface area (Å²) in [6.45, 7) is 17.3. The summed E-state index contributed by atoms with van der Waals surface area (Å²) < 4.78 is 215. The van der Waals surface area contributed by atoms with Crippen molar-refractivity contribution in [3.8, 4) is 0 Å². The predicted molar refractivity (Wildman–Crippen MR) is 475 cm³/mol. The van der Waals surface area contributed by atoms with Gasteiger partial charge in [-0.15, -0.1) is 0 Å². The van der Waals surface area contributed by atoms with Gasteiger partial charge in [-0.1, -0.05) is 0 Å². The molecule has 8 aromatic rings. The number of halogens is 3. The molecule has 20 heterocycles. The van der Waals surface area contributed by atoms with Gasteiger partial charge in [-0.3, -0.25) is 84.1 Å². The van der Waals surface area contributed by atoms with E-state index in [4.69, 9.17) is 102 Å². The molecule has 0 aromatic carbocycles. The van der Waals surface area contributed by atoms with Crippen LogP contribution in [-0.2, 0) is 308 Å². The van der Waals surface area contributed by atoms with Crippen molar-refractivity contribution in [2.24, 2.45) is 0 Å². The SMILES string of the molecule is C[PH](=O)OC[C@]12CO[C@](C)([C@@H]1O)[C@H](n1cc(F)c(=O)[nH]c1=O)O2.C[PH](=O)OC[C@]12CO[C@](C)([C@@H]1O)[C@H](n1ccc(N)nc1=O)O2.C[PH](=O)OC[C@]12CO[C@](C)([C@@H]1O)[C@H](n1cnc3c(N)nc(N)nc31)O2.C[PH](=O)OC[C@]12CO[C@](C)([C@@H]1O)[C@H](n1cnc3c(N)ncnc31)O2.C[PH](=O)OC[C@]12O[C@@H](n3ccc(=O)[nH]c3=O)[C@H](OC1(F)F)[C@@H]2O.Cc1cn([C@@H]2O[C@@]3(CO[PH](C)=O)CO[C@]2(C)[C@@H]3O)c(=O)[nH]c1=O.[Y].[Y].[Y].[Y].[Y].[Y]. The van der Waals surface area contributed by atoms with Gasteiger partial charge in [0.1, 0.15) is 122 Å². The smallest absolute Gasteiger partial charge is 0.387 e. The van der Waals surface area contributed by atoms with E-state index in [0.29, 0.717) is 34.1 Å². The number of nitrogen functional groups attached to an aromatic ring is 4. The Kier molecular flexibility index (Phi) is 42.3. The van der Waals surface area contributed by atoms with E-state index in [1.54, 1.807) is 43.8 Å². The molecule has 8 aromatic heterocycles. The molecule has 0 saturated carbocycles. The van der Waals surface area contributed by atoms with Gasteiger partial charge in [0, 0.05) is 266 Å². The van der Waals surface area contributed by atoms with Crippen LogP contribution in [0.4, 0.5) is 36.6 Å². The van der Waals surface area contributed by atoms with Crippen LogP contribution in [0.5, 0.6) is 0 Å². The molecule has 57 nitrogen and oxygen atoms in total. The first kappa shape index (κ1) is 128. The number of aromatic nitrogens is 16. The average Bonchev–Trinajstić information content (AvgIpc) is 1.53. The van der Waals surface area contributed by atoms with Crippen LogP contribution in [0.3, 0.4) is 0 Å². The second kappa shape index (κ2) is 48.5. The maximum atomic E-state index is 14.0. The third-order valence-electron chi connectivity index (χ3n) is 26.0. The summed E-state index contributed by atoms with van der Waals surface area (Å²) in [6.07, 6.45) is -9.39. The number of alkyl halides is 2. The molecule has 12 bridgehead atoms. The molecule has 6 unspecified atom stereocenters. The molecule has 72 heteroatoms. The molecule has 790 valence electrons. The molecule has 146 heavy (non-hydrogen) atoms. The fourth-order valence-corrected chi connectivity index (χ4v) is 21.1. The number of nitrogens with zero attached hydrogens (tertiary/aromatic N) is 13. The number of aryl methyl sites for hydroxylation is 1. The van der Waals surface area contributed by atoms with Crippen LogP contribution in [-0.4, -0.2) is 331 Å². The molecule has 0 amide bonds. The van der Waals surface area contributed by atoms with Gasteiger partial charge in [0.15, 0.2) is 108 Å². The van der Waals surface area contributed by atoms with Crippen molar-refractivity contribution >= 4 is 93.9 Å². The van der Waals surface area contributed by atoms with Gasteiger partial charge in [-0.25, -0.2) is 39.1 Å². The molecule has 0 aliphatic carbocycles. The fraction of sp³-hybridized carbons (Fsp3) is 0.649. The van der Waals surface area contributed by atoms with Crippen LogP contribution in [0.15, 0.2) is 89.5 Å². The van der Waals surface area contributed by atoms with Crippen molar-refractivity contribution in [3.63, 3.8) is 0 Å². The van der Waals surface area contributed by atoms with E-state index in [1.807, 2.05) is 9.97 Å². The van der Waals surface area contributed by atoms with Gasteiger partial charge in [-0.2, -0.15) is 28.1 Å². The molecule has 20 rings (SSSR count). The minimum Gasteiger partial charge on any atom is -0.387 e. The van der Waals surface area contributed by atoms with Gasteiger partial charge >= 0.3 is 28.9 Å². The average molecular weight is 2640 g/mol. The van der Waals surface area contributed by atoms with E-state index in [-0.39, 0.29) is 286 Å². The van der Waals surface area contributed by atoms with E-state index in [2.05, 4.69) is 44.6 Å². The Labute approximate surface area is 976 Å². The Hall–Kier alpha value is -1.95. The Bertz CT molecular complexity index is 6640. The number of anilines is 4. The quantitative estimate of drug-likeness (QED) is 0.0264. The van der Waals surface area contributed by atoms with E-state index in [1.165, 1.54) is 93.5 Å². The van der Waals surface area contributed by atoms with Crippen LogP contribution >= 0.6 is 48.2 Å². The summed E-state index contributed by atoms with van der Waals surface area (Å²) >= 11 is 0. The molecule has 12 fully saturated rings. The number of nitrogens with one attached hydrogen (secondary N) is 3. The van der Waals surface area contributed by atoms with E-state index in [0.717, 1.165) is 21.4 Å². The number of aromatic amines is 3. The number of imidazole rings is 2. The number of hydrogen-bond acceptors (Lipinski definition) is 48. The Morgan fingerprint density at radius 1 is 0.425 bits per heavy atom. The van der Waals surface area contributed by atoms with Gasteiger partial charge < -0.3 is 138 Å². The van der Waals surface area contributed by atoms with Gasteiger partial charge in [0.2, 0.25) is 17.4 Å². The minimum atomic E-state index is -3.89. The van der Waals surface area contributed by atoms with Crippen molar-refractivity contribution in [1.29, 1.82) is 0 Å². The van der Waals surface area contributed by atoms with Gasteiger partial charge in [0.25, 0.3) is 16.7 Å². The molecule has 17 N–H and O–H groups in total. The maximum Gasteiger partial charge on any atom is 0.390 e. The monoisotopic (exact) mass is 2640 g/mol. The summed E-state index contributed by atoms with van der Waals surface area (Å²) in [5.74, 6) is -0.657. The zero-order chi connectivity index (χ0) is 102. The first-order chi connectivity index (χ1) is 65.5. The van der Waals surface area contributed by atoms with Gasteiger partial charge in [-0.05, 0) is 47.6 Å². The van der Waals surface area contributed by atoms with E-state index in [9.17, 15) is 105 Å². The third kappa shape index (κ3) is 23.5. The normalized spacial score (nSPS) is 35.3. The van der Waals surface area contributed by atoms with Crippen molar-refractivity contribution in [3.05, 3.63) is 140 Å². The number of H-pyrrole nitrogens is 3. The first-order valence-electron chi connectivity index (χ1n) is 42.4. The molecular weight excluding hydrogens is 2540 g/mol. The molecule has 12 aliphatic heterocycles. The number of nitrogens with two attached hydrogens (primary N) is 4. The number of aliphatic hydroxyl groups is 6. The zero-order valence-electron chi connectivity index (χ0n) is 79.5. The fourth-order valence-electron chi connectivity index (χ4n) is 18.4. The largest absolute Gasteiger partial charge is 0.390 e. The Morgan fingerprint density at radius 2 is 0.774 bits per heavy atom. The maximum absolute atomic E-state index is 14.0. The third-order valence-corrected chi connectivity index (χ3v) is 29.3. The van der Waals surface area contributed by atoms with Crippen molar-refractivity contribution < 1.29 is 351 Å². The van der Waals surface area contributed by atoms with Crippen molar-refractivity contribution in [2.75, 3.05) is 136 Å². The summed E-state index contributed by atoms with van der Waals surface area (Å²) in [7, 11) is -13.6. The van der Waals surface area contributed by atoms with Crippen LogP contribution < -0.4 is 62.4 Å². The van der Waals surface area contributed by atoms with Crippen LogP contribution in [0.25, 0.3) is 22.3 Å². The van der Waals surface area contributed by atoms with E-state index < -0.39 is 248 Å². The number of rotatable bonds is 24. The summed E-state index contributed by atoms with van der Waals surface area (Å²) in [5.41, 5.74) is 5.26. The standard InChI is InChI=1S/C13H19N6O5P.C13H18N5O5P.C13H19N2O7P.C12H16FN2O7P.C12H18N3O6P.C11H13F2N2O7P.6Y/c1-12-9(20)13(3-22-12,4-23-25(2)21)24-10(12)19-5-16-6-7(14)17-11(15)18-8(6)19;1-12-10(19)13(3-21-12,4-22-24(2)20)23-11(12)18-6-17-7-8(14)15-5-16-9(7)18;1-7-4-15(11(18)14-8(7)16)10-12(2)9(17)13(22-10,5-20-12)6-21-23(3)19;1-11-8(17)12(4-20-11,5-21-23(2)19)22-9(11)15-3-6(13)7(16)14-10(15)18;1-11-8(16)12(5-19-11,6-20-22(2)18)21-9(11)15-4-3-7(13)14-10(15)17;1-23(19)20-4-10-7(17)6(21-11(10,12)13)8(22-10)15-3-2-5(16)14-9(15)18;;;;;;/h5,9-10,20,25H,3-4H2,1-2H3,(H4,14,15,17,18);5-6,10-11,19,24H,3-4H2,1-2H3,(H2,14,15,16);4,9-10,17,23H,5-6H2,1-3H3,(H,14,16,18);3,8-9,17,23H,4-5H2,1-2H3,(H,14,16,18);3-4,8-9,16,22H,5-6H2,1-2H3,(H2,13,14,17);2-3,6-8,17,23H,4H2,1H3,(H,14,16,18);;;;;;/t9-,10+,12+,13+;10-,11+,12+,13+;9-,10+,12+,13+;2*8-,9+,11+,12+;6-,7+,8-,10-;;;;;;/m000001....../s1. The molecule has 12 saturated heterocycles. The number of aliphatic hydroxyl groups excluding tert-OH is 6.